The first-order chi connectivity index (χ1) is 22.4. The molecule has 7 heteroatoms. The highest BCUT2D eigenvalue weighted by atomic mass is 16.1. The number of pyridine rings is 1. The highest BCUT2D eigenvalue weighted by molar-refractivity contribution is 6.06. The standard InChI is InChI=1S/C39H48N6O/c1-4-6-18-35-43-37-38(33-16-10-11-17-34(33)42-39(37)40)45(35)24-13-12-23-44(3)28-31-21-19-30(20-22-31)26-36(46)41-27-32-15-9-7-8-14-29(5-2)25-32/h7-11,14-17,19-22,25H,4-6,12-13,18,23-24,26-28H2,1-3H3,(H2,40,42)(H,41,46)/b8-7-,9-7?,14-8?,15-9?,29-14-,29-25?,32-15?,32-25?. The molecule has 4 aromatic rings. The van der Waals surface area contributed by atoms with Gasteiger partial charge in [0, 0.05) is 31.4 Å². The van der Waals surface area contributed by atoms with E-state index in [2.05, 4.69) is 95.3 Å². The van der Waals surface area contributed by atoms with Crippen LogP contribution in [0.1, 0.15) is 62.9 Å². The van der Waals surface area contributed by atoms with E-state index in [1.165, 1.54) is 11.1 Å². The molecule has 0 radical (unpaired) electrons. The first kappa shape index (κ1) is 32.9. The molecule has 3 N–H and O–H groups in total. The number of rotatable bonds is 15. The van der Waals surface area contributed by atoms with Gasteiger partial charge in [-0.15, -0.1) is 0 Å². The number of nitrogens with two attached hydrogens (primary N) is 1. The van der Waals surface area contributed by atoms with Gasteiger partial charge in [-0.25, -0.2) is 9.97 Å². The first-order valence-corrected chi connectivity index (χ1v) is 16.8. The summed E-state index contributed by atoms with van der Waals surface area (Å²) in [6.45, 7) is 7.67. The predicted molar refractivity (Wildman–Crippen MR) is 192 cm³/mol. The van der Waals surface area contributed by atoms with Crippen molar-refractivity contribution < 1.29 is 4.79 Å². The van der Waals surface area contributed by atoms with Crippen LogP contribution in [0.2, 0.25) is 0 Å². The highest BCUT2D eigenvalue weighted by Crippen LogP contribution is 2.29. The average Bonchev–Trinajstić information content (AvgIpc) is 3.41. The molecule has 2 aromatic heterocycles. The summed E-state index contributed by atoms with van der Waals surface area (Å²) in [7, 11) is 2.17. The molecule has 0 unspecified atom stereocenters. The molecule has 0 saturated heterocycles. The number of allylic oxidation sites excluding steroid dienone is 6. The Morgan fingerprint density at radius 3 is 2.54 bits per heavy atom. The number of unbranched alkanes of at least 4 members (excludes halogenated alkanes) is 2. The molecule has 7 nitrogen and oxygen atoms in total. The summed E-state index contributed by atoms with van der Waals surface area (Å²) < 4.78 is 2.39. The van der Waals surface area contributed by atoms with Crippen molar-refractivity contribution >= 4 is 33.7 Å². The fourth-order valence-corrected chi connectivity index (χ4v) is 6.01. The fourth-order valence-electron chi connectivity index (χ4n) is 6.01. The van der Waals surface area contributed by atoms with Crippen LogP contribution < -0.4 is 11.1 Å². The lowest BCUT2D eigenvalue weighted by molar-refractivity contribution is -0.120. The maximum Gasteiger partial charge on any atom is 0.224 e. The molecule has 0 saturated carbocycles. The minimum Gasteiger partial charge on any atom is -0.382 e. The van der Waals surface area contributed by atoms with E-state index in [1.54, 1.807) is 0 Å². The summed E-state index contributed by atoms with van der Waals surface area (Å²) in [5.41, 5.74) is 13.9. The normalized spacial score (nSPS) is 15.0. The molecule has 5 rings (SSSR count). The van der Waals surface area contributed by atoms with Gasteiger partial charge in [0.2, 0.25) is 5.91 Å². The van der Waals surface area contributed by atoms with Crippen molar-refractivity contribution in [3.8, 4) is 0 Å². The number of hydrogen-bond donors (Lipinski definition) is 2. The van der Waals surface area contributed by atoms with Gasteiger partial charge >= 0.3 is 0 Å². The molecule has 2 heterocycles. The molecule has 1 aliphatic carbocycles. The van der Waals surface area contributed by atoms with Gasteiger partial charge in [-0.05, 0) is 67.6 Å². The van der Waals surface area contributed by atoms with Crippen molar-refractivity contribution in [2.24, 2.45) is 0 Å². The van der Waals surface area contributed by atoms with E-state index in [1.807, 2.05) is 30.4 Å². The van der Waals surface area contributed by atoms with Crippen LogP contribution in [0.25, 0.3) is 21.9 Å². The number of aromatic nitrogens is 3. The maximum absolute atomic E-state index is 12.7. The minimum atomic E-state index is 0.0364. The second kappa shape index (κ2) is 16.2. The third kappa shape index (κ3) is 8.61. The largest absolute Gasteiger partial charge is 0.382 e. The number of anilines is 1. The number of carbonyl (C=O) groups excluding carboxylic acids is 1. The topological polar surface area (TPSA) is 89.1 Å². The van der Waals surface area contributed by atoms with Crippen LogP contribution in [-0.4, -0.2) is 45.5 Å². The molecule has 0 bridgehead atoms. The molecule has 46 heavy (non-hydrogen) atoms. The van der Waals surface area contributed by atoms with Crippen LogP contribution in [0.5, 0.6) is 0 Å². The third-order valence-corrected chi connectivity index (χ3v) is 8.57. The third-order valence-electron chi connectivity index (χ3n) is 8.57. The second-order valence-electron chi connectivity index (χ2n) is 12.3. The Hall–Kier alpha value is -4.49. The van der Waals surface area contributed by atoms with E-state index in [0.29, 0.717) is 18.8 Å². The number of imidazole rings is 1. The molecule has 2 aromatic carbocycles. The Morgan fingerprint density at radius 2 is 1.74 bits per heavy atom. The number of nitrogens with one attached hydrogen (secondary N) is 1. The highest BCUT2D eigenvalue weighted by Gasteiger charge is 2.17. The number of nitrogens with zero attached hydrogens (tertiary/aromatic N) is 4. The van der Waals surface area contributed by atoms with E-state index >= 15 is 0 Å². The number of fused-ring (bicyclic) bond motifs is 3. The lowest BCUT2D eigenvalue weighted by Crippen LogP contribution is -2.27. The van der Waals surface area contributed by atoms with Crippen LogP contribution in [-0.2, 0) is 30.7 Å². The monoisotopic (exact) mass is 616 g/mol. The van der Waals surface area contributed by atoms with Crippen molar-refractivity contribution in [3.05, 3.63) is 113 Å². The number of para-hydroxylation sites is 1. The maximum atomic E-state index is 12.7. The molecule has 1 amide bonds. The molecular formula is C39H48N6O. The first-order valence-electron chi connectivity index (χ1n) is 16.8. The summed E-state index contributed by atoms with van der Waals surface area (Å²) >= 11 is 0. The van der Waals surface area contributed by atoms with Gasteiger partial charge in [0.05, 0.1) is 17.5 Å². The van der Waals surface area contributed by atoms with Gasteiger partial charge in [-0.2, -0.15) is 0 Å². The van der Waals surface area contributed by atoms with Crippen molar-refractivity contribution in [2.75, 3.05) is 25.9 Å². The van der Waals surface area contributed by atoms with Gasteiger partial charge in [0.25, 0.3) is 0 Å². The van der Waals surface area contributed by atoms with Crippen LogP contribution >= 0.6 is 0 Å². The van der Waals surface area contributed by atoms with Crippen molar-refractivity contribution in [1.29, 1.82) is 0 Å². The summed E-state index contributed by atoms with van der Waals surface area (Å²) in [6, 6.07) is 16.7. The van der Waals surface area contributed by atoms with E-state index in [4.69, 9.17) is 10.7 Å². The van der Waals surface area contributed by atoms with E-state index < -0.39 is 0 Å². The quantitative estimate of drug-likeness (QED) is 0.135. The zero-order chi connectivity index (χ0) is 32.3. The molecule has 0 spiro atoms. The molecule has 0 aliphatic heterocycles. The van der Waals surface area contributed by atoms with Crippen LogP contribution in [0, 0.1) is 0 Å². The Bertz CT molecular complexity index is 1760. The number of benzene rings is 2. The Balaban J connectivity index is 1.11. The van der Waals surface area contributed by atoms with Gasteiger partial charge < -0.3 is 20.5 Å². The van der Waals surface area contributed by atoms with Crippen molar-refractivity contribution in [2.45, 2.75) is 71.9 Å². The smallest absolute Gasteiger partial charge is 0.224 e. The molecule has 240 valence electrons. The van der Waals surface area contributed by atoms with Gasteiger partial charge in [-0.3, -0.25) is 4.79 Å². The molecule has 1 aliphatic rings. The number of nitrogen functional groups attached to an aromatic ring is 1. The van der Waals surface area contributed by atoms with Gasteiger partial charge in [-0.1, -0.05) is 99.2 Å². The van der Waals surface area contributed by atoms with Crippen LogP contribution in [0.15, 0.2) is 96.1 Å². The molecular weight excluding hydrogens is 568 g/mol. The van der Waals surface area contributed by atoms with E-state index in [9.17, 15) is 4.79 Å². The fraction of sp³-hybridized carbons (Fsp3) is 0.359. The van der Waals surface area contributed by atoms with Crippen molar-refractivity contribution in [1.82, 2.24) is 24.8 Å². The number of hydrogen-bond acceptors (Lipinski definition) is 5. The van der Waals surface area contributed by atoms with Gasteiger partial charge in [0.15, 0.2) is 5.82 Å². The molecule has 0 atom stereocenters. The van der Waals surface area contributed by atoms with E-state index in [-0.39, 0.29) is 5.91 Å². The summed E-state index contributed by atoms with van der Waals surface area (Å²) in [6.07, 6.45) is 19.1. The lowest BCUT2D eigenvalue weighted by Gasteiger charge is -2.17. The number of amides is 1. The lowest BCUT2D eigenvalue weighted by atomic mass is 10.1. The Kier molecular flexibility index (Phi) is 11.6. The summed E-state index contributed by atoms with van der Waals surface area (Å²) in [4.78, 5) is 24.6. The summed E-state index contributed by atoms with van der Waals surface area (Å²) in [5, 5.41) is 4.20. The zero-order valence-corrected chi connectivity index (χ0v) is 27.6. The second-order valence-corrected chi connectivity index (χ2v) is 12.3. The number of aryl methyl sites for hydroxylation is 2. The zero-order valence-electron chi connectivity index (χ0n) is 27.6. The van der Waals surface area contributed by atoms with E-state index in [0.717, 1.165) is 97.1 Å². The average molecular weight is 617 g/mol. The Morgan fingerprint density at radius 1 is 0.935 bits per heavy atom. The van der Waals surface area contributed by atoms with Crippen molar-refractivity contribution in [3.63, 3.8) is 0 Å². The SMILES string of the molecule is CCCCc1nc2c(N)nc3ccccc3c2n1CCCCN(C)Cc1ccc(CC(=O)NCC2=C/C(CC)=C\C=C/C=C2)cc1. The number of carbonyl (C=O) groups is 1. The van der Waals surface area contributed by atoms with Crippen LogP contribution in [0.3, 0.4) is 0 Å². The summed E-state index contributed by atoms with van der Waals surface area (Å²) in [5.74, 6) is 1.66. The van der Waals surface area contributed by atoms with Crippen LogP contribution in [0.4, 0.5) is 5.82 Å². The Labute approximate surface area is 273 Å². The molecule has 0 fully saturated rings. The van der Waals surface area contributed by atoms with Gasteiger partial charge in [0.1, 0.15) is 11.3 Å². The predicted octanol–water partition coefficient (Wildman–Crippen LogP) is 7.47. The minimum absolute atomic E-state index is 0.0364.